The van der Waals surface area contributed by atoms with E-state index in [1.165, 1.54) is 17.0 Å². The molecule has 10 heteroatoms. The topological polar surface area (TPSA) is 126 Å². The number of morpholine rings is 1. The second-order valence-electron chi connectivity index (χ2n) is 6.61. The molecule has 0 unspecified atom stereocenters. The fourth-order valence-electron chi connectivity index (χ4n) is 3.17. The van der Waals surface area contributed by atoms with Crippen molar-refractivity contribution < 1.29 is 24.0 Å². The summed E-state index contributed by atoms with van der Waals surface area (Å²) in [6.07, 6.45) is 0. The molecule has 2 aromatic rings. The fourth-order valence-corrected chi connectivity index (χ4v) is 3.17. The lowest BCUT2D eigenvalue weighted by Gasteiger charge is -2.30. The first-order valence-electron chi connectivity index (χ1n) is 9.52. The van der Waals surface area contributed by atoms with Gasteiger partial charge in [-0.1, -0.05) is 18.2 Å². The van der Waals surface area contributed by atoms with E-state index in [2.05, 4.69) is 0 Å². The third kappa shape index (κ3) is 5.34. The second kappa shape index (κ2) is 10.2. The van der Waals surface area contributed by atoms with Gasteiger partial charge in [0.05, 0.1) is 35.5 Å². The Morgan fingerprint density at radius 3 is 2.55 bits per heavy atom. The average Bonchev–Trinajstić information content (AvgIpc) is 2.81. The highest BCUT2D eigenvalue weighted by Crippen LogP contribution is 2.27. The third-order valence-electron chi connectivity index (χ3n) is 4.69. The lowest BCUT2D eigenvalue weighted by molar-refractivity contribution is -0.384. The summed E-state index contributed by atoms with van der Waals surface area (Å²) >= 11 is 0. The Balaban J connectivity index is 1.78. The number of nitriles is 1. The van der Waals surface area contributed by atoms with Crippen LogP contribution in [0.3, 0.4) is 0 Å². The third-order valence-corrected chi connectivity index (χ3v) is 4.69. The Labute approximate surface area is 178 Å². The smallest absolute Gasteiger partial charge is 0.341 e. The molecule has 1 heterocycles. The normalized spacial score (nSPS) is 13.2. The van der Waals surface area contributed by atoms with Gasteiger partial charge in [-0.05, 0) is 18.2 Å². The lowest BCUT2D eigenvalue weighted by atomic mass is 10.1. The van der Waals surface area contributed by atoms with Gasteiger partial charge < -0.3 is 14.4 Å². The standard InChI is InChI=1S/C21H20N4O6/c22-8-9-24(16-4-2-1-3-5-16)20(26)15-31-21(27)18-14-17(25(28)29)6-7-19(18)23-10-12-30-13-11-23/h1-7,14H,9-13,15H2. The van der Waals surface area contributed by atoms with Crippen LogP contribution in [0.2, 0.25) is 0 Å². The molecule has 1 fully saturated rings. The van der Waals surface area contributed by atoms with E-state index in [9.17, 15) is 19.7 Å². The van der Waals surface area contributed by atoms with Gasteiger partial charge in [-0.25, -0.2) is 4.79 Å². The number of esters is 1. The van der Waals surface area contributed by atoms with Crippen LogP contribution in [0.4, 0.5) is 17.1 Å². The first-order valence-corrected chi connectivity index (χ1v) is 9.52. The Morgan fingerprint density at radius 1 is 1.19 bits per heavy atom. The van der Waals surface area contributed by atoms with Gasteiger partial charge in [-0.2, -0.15) is 5.26 Å². The van der Waals surface area contributed by atoms with E-state index in [0.717, 1.165) is 6.07 Å². The van der Waals surface area contributed by atoms with Gasteiger partial charge in [0.25, 0.3) is 11.6 Å². The van der Waals surface area contributed by atoms with Gasteiger partial charge in [0.1, 0.15) is 6.54 Å². The number of carbonyl (C=O) groups excluding carboxylic acids is 2. The molecule has 2 aromatic carbocycles. The molecule has 0 aliphatic carbocycles. The van der Waals surface area contributed by atoms with Crippen LogP contribution < -0.4 is 9.80 Å². The minimum Gasteiger partial charge on any atom is -0.452 e. The number of rotatable bonds is 7. The van der Waals surface area contributed by atoms with Crippen molar-refractivity contribution in [2.45, 2.75) is 0 Å². The minimum absolute atomic E-state index is 0.00422. The molecule has 0 atom stereocenters. The highest BCUT2D eigenvalue weighted by atomic mass is 16.6. The molecule has 0 aromatic heterocycles. The van der Waals surface area contributed by atoms with Crippen molar-refractivity contribution in [3.05, 3.63) is 64.2 Å². The highest BCUT2D eigenvalue weighted by Gasteiger charge is 2.24. The fraction of sp³-hybridized carbons (Fsp3) is 0.286. The quantitative estimate of drug-likeness (QED) is 0.286. The zero-order valence-corrected chi connectivity index (χ0v) is 16.6. The predicted octanol–water partition coefficient (Wildman–Crippen LogP) is 2.14. The number of carbonyl (C=O) groups is 2. The first kappa shape index (κ1) is 21.7. The Bertz CT molecular complexity index is 999. The summed E-state index contributed by atoms with van der Waals surface area (Å²) in [5.41, 5.74) is 0.707. The Morgan fingerprint density at radius 2 is 1.90 bits per heavy atom. The van der Waals surface area contributed by atoms with Gasteiger partial charge in [-0.15, -0.1) is 0 Å². The van der Waals surface area contributed by atoms with Crippen LogP contribution >= 0.6 is 0 Å². The van der Waals surface area contributed by atoms with E-state index in [4.69, 9.17) is 14.7 Å². The summed E-state index contributed by atoms with van der Waals surface area (Å²) in [5, 5.41) is 20.2. The van der Waals surface area contributed by atoms with Crippen molar-refractivity contribution >= 4 is 28.9 Å². The van der Waals surface area contributed by atoms with Gasteiger partial charge in [-0.3, -0.25) is 19.8 Å². The molecule has 0 saturated carbocycles. The number of nitro groups is 1. The van der Waals surface area contributed by atoms with Gasteiger partial charge in [0.15, 0.2) is 6.61 Å². The maximum absolute atomic E-state index is 12.8. The van der Waals surface area contributed by atoms with Gasteiger partial charge >= 0.3 is 5.97 Å². The number of hydrogen-bond acceptors (Lipinski definition) is 8. The van der Waals surface area contributed by atoms with E-state index in [1.807, 2.05) is 11.0 Å². The van der Waals surface area contributed by atoms with Crippen LogP contribution in [-0.2, 0) is 14.3 Å². The molecule has 10 nitrogen and oxygen atoms in total. The number of hydrogen-bond donors (Lipinski definition) is 0. The largest absolute Gasteiger partial charge is 0.452 e. The summed E-state index contributed by atoms with van der Waals surface area (Å²) in [6, 6.07) is 14.4. The summed E-state index contributed by atoms with van der Waals surface area (Å²) in [6.45, 7) is 1.13. The Kier molecular flexibility index (Phi) is 7.13. The van der Waals surface area contributed by atoms with Crippen molar-refractivity contribution in [3.8, 4) is 6.07 Å². The maximum Gasteiger partial charge on any atom is 0.341 e. The zero-order chi connectivity index (χ0) is 22.2. The lowest BCUT2D eigenvalue weighted by Crippen LogP contribution is -2.37. The highest BCUT2D eigenvalue weighted by molar-refractivity contribution is 6.00. The average molecular weight is 424 g/mol. The van der Waals surface area contributed by atoms with Gasteiger partial charge in [0.2, 0.25) is 0 Å². The van der Waals surface area contributed by atoms with Crippen LogP contribution in [0.25, 0.3) is 0 Å². The number of benzene rings is 2. The number of nitrogens with zero attached hydrogens (tertiary/aromatic N) is 4. The number of amides is 1. The van der Waals surface area contributed by atoms with E-state index in [0.29, 0.717) is 37.7 Å². The molecule has 0 N–H and O–H groups in total. The van der Waals surface area contributed by atoms with Crippen LogP contribution in [0.1, 0.15) is 10.4 Å². The molecule has 1 saturated heterocycles. The number of nitro benzene ring substituents is 1. The predicted molar refractivity (Wildman–Crippen MR) is 111 cm³/mol. The van der Waals surface area contributed by atoms with Gasteiger partial charge in [0, 0.05) is 30.9 Å². The molecular formula is C21H20N4O6. The zero-order valence-electron chi connectivity index (χ0n) is 16.6. The molecule has 1 aliphatic rings. The van der Waals surface area contributed by atoms with Crippen LogP contribution in [0.5, 0.6) is 0 Å². The molecule has 160 valence electrons. The Hall–Kier alpha value is -3.97. The van der Waals surface area contributed by atoms with Crippen molar-refractivity contribution in [2.24, 2.45) is 0 Å². The molecule has 0 radical (unpaired) electrons. The summed E-state index contributed by atoms with van der Waals surface area (Å²) in [5.74, 6) is -1.44. The number of ether oxygens (including phenoxy) is 2. The van der Waals surface area contributed by atoms with Crippen LogP contribution in [0.15, 0.2) is 48.5 Å². The maximum atomic E-state index is 12.8. The molecule has 31 heavy (non-hydrogen) atoms. The van der Waals surface area contributed by atoms with E-state index >= 15 is 0 Å². The summed E-state index contributed by atoms with van der Waals surface area (Å²) in [7, 11) is 0. The van der Waals surface area contributed by atoms with Crippen LogP contribution in [0, 0.1) is 21.4 Å². The molecular weight excluding hydrogens is 404 g/mol. The monoisotopic (exact) mass is 424 g/mol. The first-order chi connectivity index (χ1) is 15.0. The molecule has 0 spiro atoms. The molecule has 0 bridgehead atoms. The minimum atomic E-state index is -0.858. The van der Waals surface area contributed by atoms with Crippen LogP contribution in [-0.4, -0.2) is 56.3 Å². The van der Waals surface area contributed by atoms with E-state index in [-0.39, 0.29) is 17.8 Å². The summed E-state index contributed by atoms with van der Waals surface area (Å²) in [4.78, 5) is 39.0. The van der Waals surface area contributed by atoms with Crippen molar-refractivity contribution in [1.82, 2.24) is 0 Å². The summed E-state index contributed by atoms with van der Waals surface area (Å²) < 4.78 is 10.5. The molecule has 1 amide bonds. The second-order valence-corrected chi connectivity index (χ2v) is 6.61. The molecule has 1 aliphatic heterocycles. The SMILES string of the molecule is N#CCN(C(=O)COC(=O)c1cc([N+](=O)[O-])ccc1N1CCOCC1)c1ccccc1. The number of para-hydroxylation sites is 1. The van der Waals surface area contributed by atoms with E-state index in [1.54, 1.807) is 30.3 Å². The van der Waals surface area contributed by atoms with Crippen molar-refractivity contribution in [3.63, 3.8) is 0 Å². The van der Waals surface area contributed by atoms with Crippen molar-refractivity contribution in [1.29, 1.82) is 5.26 Å². The number of anilines is 2. The van der Waals surface area contributed by atoms with Crippen molar-refractivity contribution in [2.75, 3.05) is 49.3 Å². The molecule has 3 rings (SSSR count). The van der Waals surface area contributed by atoms with E-state index < -0.39 is 23.4 Å². The number of non-ortho nitro benzene ring substituents is 1.